The predicted molar refractivity (Wildman–Crippen MR) is 71.3 cm³/mol. The highest BCUT2D eigenvalue weighted by Gasteiger charge is 2.39. The van der Waals surface area contributed by atoms with Crippen LogP contribution in [-0.2, 0) is 11.3 Å². The summed E-state index contributed by atoms with van der Waals surface area (Å²) in [7, 11) is 0. The molecule has 1 saturated heterocycles. The van der Waals surface area contributed by atoms with E-state index in [1.54, 1.807) is 0 Å². The van der Waals surface area contributed by atoms with E-state index in [4.69, 9.17) is 16.7 Å². The number of nitrogens with zero attached hydrogens (tertiary/aromatic N) is 1. The second-order valence-electron chi connectivity index (χ2n) is 4.71. The van der Waals surface area contributed by atoms with E-state index < -0.39 is 30.0 Å². The molecular formula is C13H13ClF2N2O3. The van der Waals surface area contributed by atoms with Gasteiger partial charge in [0, 0.05) is 18.5 Å². The molecule has 1 aromatic rings. The fourth-order valence-electron chi connectivity index (χ4n) is 2.23. The minimum Gasteiger partial charge on any atom is -0.465 e. The number of nitrogens with one attached hydrogen (secondary N) is 1. The molecule has 2 amide bonds. The zero-order chi connectivity index (χ0) is 15.6. The molecule has 8 heteroatoms. The van der Waals surface area contributed by atoms with E-state index in [-0.39, 0.29) is 30.1 Å². The van der Waals surface area contributed by atoms with Crippen molar-refractivity contribution in [3.8, 4) is 0 Å². The van der Waals surface area contributed by atoms with Crippen molar-refractivity contribution in [2.75, 3.05) is 6.54 Å². The Balaban J connectivity index is 2.01. The fraction of sp³-hybridized carbons (Fsp3) is 0.385. The highest BCUT2D eigenvalue weighted by Crippen LogP contribution is 2.21. The average Bonchev–Trinajstić information content (AvgIpc) is 2.82. The lowest BCUT2D eigenvalue weighted by Gasteiger charge is -2.20. The Kier molecular flexibility index (Phi) is 4.62. The Morgan fingerprint density at radius 2 is 2.19 bits per heavy atom. The van der Waals surface area contributed by atoms with Gasteiger partial charge < -0.3 is 10.4 Å². The largest absolute Gasteiger partial charge is 0.465 e. The number of amides is 2. The van der Waals surface area contributed by atoms with E-state index in [2.05, 4.69) is 5.32 Å². The maximum Gasteiger partial charge on any atom is 0.408 e. The van der Waals surface area contributed by atoms with Crippen LogP contribution in [0.4, 0.5) is 13.6 Å². The zero-order valence-corrected chi connectivity index (χ0v) is 11.6. The maximum absolute atomic E-state index is 13.6. The highest BCUT2D eigenvalue weighted by molar-refractivity contribution is 6.30. The summed E-state index contributed by atoms with van der Waals surface area (Å²) >= 11 is 5.62. The summed E-state index contributed by atoms with van der Waals surface area (Å²) in [6, 6.07) is 3.26. The summed E-state index contributed by atoms with van der Waals surface area (Å²) in [6.45, 7) is -0.481. The van der Waals surface area contributed by atoms with Gasteiger partial charge in [-0.2, -0.15) is 0 Å². The molecule has 1 aliphatic rings. The van der Waals surface area contributed by atoms with Gasteiger partial charge in [-0.1, -0.05) is 23.7 Å². The van der Waals surface area contributed by atoms with Crippen LogP contribution in [-0.4, -0.2) is 40.8 Å². The van der Waals surface area contributed by atoms with Crippen molar-refractivity contribution in [1.29, 1.82) is 0 Å². The van der Waals surface area contributed by atoms with Crippen molar-refractivity contribution in [3.63, 3.8) is 0 Å². The molecule has 2 rings (SSSR count). The number of carboxylic acid groups (broad SMARTS) is 1. The smallest absolute Gasteiger partial charge is 0.408 e. The van der Waals surface area contributed by atoms with Crippen molar-refractivity contribution in [2.24, 2.45) is 0 Å². The van der Waals surface area contributed by atoms with Gasteiger partial charge in [-0.15, -0.1) is 0 Å². The summed E-state index contributed by atoms with van der Waals surface area (Å²) in [4.78, 5) is 23.6. The normalized spacial score (nSPS) is 21.4. The topological polar surface area (TPSA) is 69.6 Å². The fourth-order valence-corrected chi connectivity index (χ4v) is 2.42. The number of hydrogen-bond acceptors (Lipinski definition) is 2. The molecule has 0 spiro atoms. The third-order valence-electron chi connectivity index (χ3n) is 3.28. The molecule has 0 saturated carbocycles. The van der Waals surface area contributed by atoms with Crippen molar-refractivity contribution in [1.82, 2.24) is 10.2 Å². The molecule has 0 aromatic heterocycles. The van der Waals surface area contributed by atoms with Gasteiger partial charge in [0.1, 0.15) is 18.0 Å². The zero-order valence-electron chi connectivity index (χ0n) is 10.9. The van der Waals surface area contributed by atoms with Gasteiger partial charge in [0.2, 0.25) is 5.91 Å². The van der Waals surface area contributed by atoms with Crippen molar-refractivity contribution in [3.05, 3.63) is 34.6 Å². The molecule has 5 nitrogen and oxygen atoms in total. The second-order valence-corrected chi connectivity index (χ2v) is 5.12. The Labute approximate surface area is 124 Å². The third kappa shape index (κ3) is 3.41. The quantitative estimate of drug-likeness (QED) is 0.897. The highest BCUT2D eigenvalue weighted by atomic mass is 35.5. The Morgan fingerprint density at radius 1 is 1.48 bits per heavy atom. The first-order chi connectivity index (χ1) is 9.90. The Morgan fingerprint density at radius 3 is 2.86 bits per heavy atom. The summed E-state index contributed by atoms with van der Waals surface area (Å²) in [5.74, 6) is -1.30. The lowest BCUT2D eigenvalue weighted by atomic mass is 10.1. The molecule has 2 atom stereocenters. The van der Waals surface area contributed by atoms with Gasteiger partial charge in [-0.3, -0.25) is 9.69 Å². The number of benzene rings is 1. The van der Waals surface area contributed by atoms with Gasteiger partial charge in [0.15, 0.2) is 0 Å². The first-order valence-electron chi connectivity index (χ1n) is 6.24. The molecule has 114 valence electrons. The summed E-state index contributed by atoms with van der Waals surface area (Å²) < 4.78 is 26.9. The molecule has 0 aliphatic carbocycles. The van der Waals surface area contributed by atoms with Gasteiger partial charge in [-0.25, -0.2) is 13.6 Å². The van der Waals surface area contributed by atoms with Crippen molar-refractivity contribution < 1.29 is 23.5 Å². The summed E-state index contributed by atoms with van der Waals surface area (Å²) in [5, 5.41) is 11.3. The number of hydrogen-bond donors (Lipinski definition) is 2. The minimum atomic E-state index is -1.38. The van der Waals surface area contributed by atoms with E-state index in [1.165, 1.54) is 18.2 Å². The van der Waals surface area contributed by atoms with Gasteiger partial charge in [0.05, 0.1) is 11.6 Å². The Bertz CT molecular complexity index is 570. The lowest BCUT2D eigenvalue weighted by Crippen LogP contribution is -2.45. The molecule has 2 unspecified atom stereocenters. The maximum atomic E-state index is 13.6. The number of likely N-dealkylation sites (tertiary alicyclic amines) is 1. The third-order valence-corrected chi connectivity index (χ3v) is 3.57. The first kappa shape index (κ1) is 15.5. The van der Waals surface area contributed by atoms with Crippen LogP contribution >= 0.6 is 11.6 Å². The van der Waals surface area contributed by atoms with Gasteiger partial charge in [-0.05, 0) is 6.07 Å². The van der Waals surface area contributed by atoms with Crippen LogP contribution in [0.3, 0.4) is 0 Å². The molecule has 0 radical (unpaired) electrons. The number of rotatable bonds is 3. The van der Waals surface area contributed by atoms with Crippen LogP contribution in [0.2, 0.25) is 5.02 Å². The molecule has 1 aromatic carbocycles. The number of halogens is 3. The van der Waals surface area contributed by atoms with E-state index in [0.29, 0.717) is 0 Å². The minimum absolute atomic E-state index is 0.0707. The van der Waals surface area contributed by atoms with Crippen LogP contribution in [0.25, 0.3) is 0 Å². The van der Waals surface area contributed by atoms with Crippen LogP contribution in [0, 0.1) is 5.82 Å². The van der Waals surface area contributed by atoms with Crippen LogP contribution < -0.4 is 5.32 Å². The number of carbonyl (C=O) groups is 2. The van der Waals surface area contributed by atoms with Crippen molar-refractivity contribution in [2.45, 2.75) is 25.2 Å². The molecule has 1 aliphatic heterocycles. The number of carbonyl (C=O) groups excluding carboxylic acids is 1. The average molecular weight is 319 g/mol. The van der Waals surface area contributed by atoms with Gasteiger partial charge in [0.25, 0.3) is 0 Å². The lowest BCUT2D eigenvalue weighted by molar-refractivity contribution is -0.125. The molecule has 1 heterocycles. The summed E-state index contributed by atoms with van der Waals surface area (Å²) in [6.07, 6.45) is -2.93. The standard InChI is InChI=1S/C13H13ClF2N2O3/c14-9-3-1-2-7(11(9)16)5-17-12(19)10-4-8(15)6-18(10)13(20)21/h1-3,8,10H,4-6H2,(H,17,19)(H,20,21). The van der Waals surface area contributed by atoms with Crippen LogP contribution in [0.1, 0.15) is 12.0 Å². The molecule has 0 bridgehead atoms. The van der Waals surface area contributed by atoms with Gasteiger partial charge >= 0.3 is 6.09 Å². The van der Waals surface area contributed by atoms with E-state index in [9.17, 15) is 18.4 Å². The summed E-state index contributed by atoms with van der Waals surface area (Å²) in [5.41, 5.74) is 0.174. The number of alkyl halides is 1. The Hall–Kier alpha value is -1.89. The molecule has 2 N–H and O–H groups in total. The van der Waals surface area contributed by atoms with E-state index in [1.807, 2.05) is 0 Å². The molecule has 21 heavy (non-hydrogen) atoms. The second kappa shape index (κ2) is 6.26. The van der Waals surface area contributed by atoms with Crippen LogP contribution in [0.5, 0.6) is 0 Å². The van der Waals surface area contributed by atoms with Crippen LogP contribution in [0.15, 0.2) is 18.2 Å². The SMILES string of the molecule is O=C(NCc1cccc(Cl)c1F)C1CC(F)CN1C(=O)O. The molecule has 1 fully saturated rings. The predicted octanol–water partition coefficient (Wildman–Crippen LogP) is 2.19. The first-order valence-corrected chi connectivity index (χ1v) is 6.62. The van der Waals surface area contributed by atoms with Crippen molar-refractivity contribution >= 4 is 23.6 Å². The molecular weight excluding hydrogens is 306 g/mol. The van der Waals surface area contributed by atoms with E-state index in [0.717, 1.165) is 4.90 Å². The van der Waals surface area contributed by atoms with E-state index >= 15 is 0 Å². The monoisotopic (exact) mass is 318 g/mol.